The Kier molecular flexibility index (Phi) is 4.52. The molecule has 1 rings (SSSR count). The Morgan fingerprint density at radius 1 is 1.24 bits per heavy atom. The van der Waals surface area contributed by atoms with Gasteiger partial charge in [-0.05, 0) is 33.2 Å². The Morgan fingerprint density at radius 3 is 2.47 bits per heavy atom. The number of nitrogens with zero attached hydrogens (tertiary/aromatic N) is 2. The summed E-state index contributed by atoms with van der Waals surface area (Å²) >= 11 is 0. The van der Waals surface area contributed by atoms with Crippen molar-refractivity contribution in [3.63, 3.8) is 0 Å². The van der Waals surface area contributed by atoms with Crippen molar-refractivity contribution in [3.05, 3.63) is 29.3 Å². The fraction of sp³-hybridized carbons (Fsp3) is 0.462. The summed E-state index contributed by atoms with van der Waals surface area (Å²) in [5, 5.41) is 9.67. The van der Waals surface area contributed by atoms with Gasteiger partial charge in [-0.1, -0.05) is 11.6 Å². The number of phenols is 1. The van der Waals surface area contributed by atoms with E-state index >= 15 is 0 Å². The molecule has 0 heterocycles. The van der Waals surface area contributed by atoms with Crippen LogP contribution in [0.4, 0.5) is 0 Å². The van der Waals surface area contributed by atoms with E-state index in [4.69, 9.17) is 0 Å². The zero-order chi connectivity index (χ0) is 13.0. The maximum atomic E-state index is 12.1. The van der Waals surface area contributed by atoms with Gasteiger partial charge in [0.1, 0.15) is 5.75 Å². The highest BCUT2D eigenvalue weighted by atomic mass is 16.3. The number of phenolic OH excluding ortho intramolecular Hbond substituents is 1. The van der Waals surface area contributed by atoms with E-state index in [1.165, 1.54) is 0 Å². The van der Waals surface area contributed by atoms with Crippen molar-refractivity contribution in [2.45, 2.75) is 6.92 Å². The lowest BCUT2D eigenvalue weighted by Gasteiger charge is -2.20. The third-order valence-electron chi connectivity index (χ3n) is 2.61. The largest absolute Gasteiger partial charge is 0.507 e. The van der Waals surface area contributed by atoms with Gasteiger partial charge in [0.25, 0.3) is 5.91 Å². The summed E-state index contributed by atoms with van der Waals surface area (Å²) in [6, 6.07) is 5.05. The Balaban J connectivity index is 2.78. The maximum absolute atomic E-state index is 12.1. The second kappa shape index (κ2) is 5.68. The van der Waals surface area contributed by atoms with Crippen molar-refractivity contribution in [1.29, 1.82) is 0 Å². The van der Waals surface area contributed by atoms with Gasteiger partial charge in [0.2, 0.25) is 0 Å². The number of carbonyl (C=O) groups excluding carboxylic acids is 1. The van der Waals surface area contributed by atoms with Crippen molar-refractivity contribution in [3.8, 4) is 5.75 Å². The standard InChI is InChI=1S/C13H20N2O2/c1-10-5-6-12(16)11(9-10)13(17)15(4)8-7-14(2)3/h5-6,9,16H,7-8H2,1-4H3. The monoisotopic (exact) mass is 236 g/mol. The summed E-state index contributed by atoms with van der Waals surface area (Å²) in [7, 11) is 5.67. The average molecular weight is 236 g/mol. The Morgan fingerprint density at radius 2 is 1.88 bits per heavy atom. The molecule has 0 fully saturated rings. The highest BCUT2D eigenvalue weighted by molar-refractivity contribution is 5.96. The number of aryl methyl sites for hydroxylation is 1. The summed E-state index contributed by atoms with van der Waals surface area (Å²) < 4.78 is 0. The molecule has 94 valence electrons. The first-order chi connectivity index (χ1) is 7.91. The molecule has 0 aliphatic heterocycles. The van der Waals surface area contributed by atoms with Crippen LogP contribution in [-0.4, -0.2) is 55.0 Å². The first kappa shape index (κ1) is 13.5. The third kappa shape index (κ3) is 3.75. The summed E-state index contributed by atoms with van der Waals surface area (Å²) in [4.78, 5) is 15.7. The van der Waals surface area contributed by atoms with Crippen molar-refractivity contribution in [2.75, 3.05) is 34.2 Å². The molecule has 0 atom stereocenters. The molecule has 0 bridgehead atoms. The minimum absolute atomic E-state index is 0.0392. The topological polar surface area (TPSA) is 43.8 Å². The van der Waals surface area contributed by atoms with E-state index in [0.717, 1.165) is 12.1 Å². The van der Waals surface area contributed by atoms with E-state index in [9.17, 15) is 9.90 Å². The van der Waals surface area contributed by atoms with Crippen molar-refractivity contribution in [2.24, 2.45) is 0 Å². The number of likely N-dealkylation sites (N-methyl/N-ethyl adjacent to an activating group) is 2. The molecule has 0 aromatic heterocycles. The molecule has 0 saturated carbocycles. The molecule has 0 radical (unpaired) electrons. The van der Waals surface area contributed by atoms with Gasteiger partial charge in [0.15, 0.2) is 0 Å². The van der Waals surface area contributed by atoms with Crippen LogP contribution in [0.25, 0.3) is 0 Å². The van der Waals surface area contributed by atoms with E-state index in [1.54, 1.807) is 30.1 Å². The van der Waals surface area contributed by atoms with E-state index in [0.29, 0.717) is 12.1 Å². The Bertz CT molecular complexity index is 402. The normalized spacial score (nSPS) is 10.6. The van der Waals surface area contributed by atoms with Crippen LogP contribution < -0.4 is 0 Å². The summed E-state index contributed by atoms with van der Waals surface area (Å²) in [5.74, 6) is -0.106. The molecule has 1 amide bonds. The van der Waals surface area contributed by atoms with Gasteiger partial charge in [-0.3, -0.25) is 4.79 Å². The molecule has 1 N–H and O–H groups in total. The quantitative estimate of drug-likeness (QED) is 0.858. The highest BCUT2D eigenvalue weighted by Gasteiger charge is 2.15. The molecule has 1 aromatic rings. The van der Waals surface area contributed by atoms with E-state index < -0.39 is 0 Å². The zero-order valence-corrected chi connectivity index (χ0v) is 10.9. The lowest BCUT2D eigenvalue weighted by molar-refractivity contribution is 0.0783. The highest BCUT2D eigenvalue weighted by Crippen LogP contribution is 2.19. The van der Waals surface area contributed by atoms with Crippen molar-refractivity contribution >= 4 is 5.91 Å². The van der Waals surface area contributed by atoms with Crippen LogP contribution in [0.1, 0.15) is 15.9 Å². The SMILES string of the molecule is Cc1ccc(O)c(C(=O)N(C)CCN(C)C)c1. The van der Waals surface area contributed by atoms with E-state index in [2.05, 4.69) is 0 Å². The van der Waals surface area contributed by atoms with Crippen LogP contribution in [0.15, 0.2) is 18.2 Å². The minimum Gasteiger partial charge on any atom is -0.507 e. The Labute approximate surface area is 102 Å². The van der Waals surface area contributed by atoms with Gasteiger partial charge >= 0.3 is 0 Å². The second-order valence-corrected chi connectivity index (χ2v) is 4.55. The molecule has 0 spiro atoms. The van der Waals surface area contributed by atoms with Gasteiger partial charge in [-0.25, -0.2) is 0 Å². The van der Waals surface area contributed by atoms with Gasteiger partial charge in [0, 0.05) is 20.1 Å². The Hall–Kier alpha value is -1.55. The molecule has 4 nitrogen and oxygen atoms in total. The molecule has 4 heteroatoms. The van der Waals surface area contributed by atoms with Crippen molar-refractivity contribution in [1.82, 2.24) is 9.80 Å². The first-order valence-electron chi connectivity index (χ1n) is 5.61. The predicted molar refractivity (Wildman–Crippen MR) is 68.4 cm³/mol. The molecule has 0 aliphatic rings. The van der Waals surface area contributed by atoms with Crippen LogP contribution in [0.5, 0.6) is 5.75 Å². The number of hydrogen-bond acceptors (Lipinski definition) is 3. The zero-order valence-electron chi connectivity index (χ0n) is 10.9. The van der Waals surface area contributed by atoms with Crippen LogP contribution in [-0.2, 0) is 0 Å². The van der Waals surface area contributed by atoms with E-state index in [-0.39, 0.29) is 11.7 Å². The first-order valence-corrected chi connectivity index (χ1v) is 5.61. The van der Waals surface area contributed by atoms with Crippen LogP contribution in [0.2, 0.25) is 0 Å². The van der Waals surface area contributed by atoms with Gasteiger partial charge in [0.05, 0.1) is 5.56 Å². The number of carbonyl (C=O) groups is 1. The van der Waals surface area contributed by atoms with Crippen LogP contribution in [0, 0.1) is 6.92 Å². The predicted octanol–water partition coefficient (Wildman–Crippen LogP) is 1.33. The molecular weight excluding hydrogens is 216 g/mol. The van der Waals surface area contributed by atoms with E-state index in [1.807, 2.05) is 25.9 Å². The van der Waals surface area contributed by atoms with Gasteiger partial charge in [-0.2, -0.15) is 0 Å². The average Bonchev–Trinajstić information content (AvgIpc) is 2.28. The van der Waals surface area contributed by atoms with Crippen LogP contribution >= 0.6 is 0 Å². The molecule has 0 saturated heterocycles. The molecule has 1 aromatic carbocycles. The van der Waals surface area contributed by atoms with Gasteiger partial charge in [-0.15, -0.1) is 0 Å². The molecule has 0 aliphatic carbocycles. The van der Waals surface area contributed by atoms with Crippen molar-refractivity contribution < 1.29 is 9.90 Å². The summed E-state index contributed by atoms with van der Waals surface area (Å²) in [6.45, 7) is 3.34. The second-order valence-electron chi connectivity index (χ2n) is 4.55. The lowest BCUT2D eigenvalue weighted by Crippen LogP contribution is -2.33. The van der Waals surface area contributed by atoms with Gasteiger partial charge < -0.3 is 14.9 Å². The van der Waals surface area contributed by atoms with Crippen LogP contribution in [0.3, 0.4) is 0 Å². The molecule has 17 heavy (non-hydrogen) atoms. The molecular formula is C13H20N2O2. The number of rotatable bonds is 4. The maximum Gasteiger partial charge on any atom is 0.257 e. The minimum atomic E-state index is -0.145. The third-order valence-corrected chi connectivity index (χ3v) is 2.61. The molecule has 0 unspecified atom stereocenters. The summed E-state index contributed by atoms with van der Waals surface area (Å²) in [6.07, 6.45) is 0. The fourth-order valence-electron chi connectivity index (χ4n) is 1.48. The lowest BCUT2D eigenvalue weighted by atomic mass is 10.1. The fourth-order valence-corrected chi connectivity index (χ4v) is 1.48. The number of amides is 1. The smallest absolute Gasteiger partial charge is 0.257 e. The number of aromatic hydroxyl groups is 1. The number of benzene rings is 1. The number of hydrogen-bond donors (Lipinski definition) is 1. The summed E-state index contributed by atoms with van der Waals surface area (Å²) in [5.41, 5.74) is 1.33.